The summed E-state index contributed by atoms with van der Waals surface area (Å²) in [6.45, 7) is 4.83. The predicted molar refractivity (Wildman–Crippen MR) is 86.5 cm³/mol. The maximum absolute atomic E-state index is 12.6. The molecule has 0 atom stereocenters. The van der Waals surface area contributed by atoms with E-state index in [9.17, 15) is 4.79 Å². The van der Waals surface area contributed by atoms with Gasteiger partial charge >= 0.3 is 0 Å². The molecule has 1 aromatic carbocycles. The van der Waals surface area contributed by atoms with Gasteiger partial charge in [-0.1, -0.05) is 24.6 Å². The van der Waals surface area contributed by atoms with E-state index in [1.165, 1.54) is 0 Å². The standard InChI is InChI=1S/C16H20ClN3O/c1-3-8-19-15(11-5-6-11)14(18)16(21)20(19)12-7-4-10(2)13(17)9-12/h4,7,9,11H,3,5-6,8,18H2,1-2H3. The number of anilines is 1. The van der Waals surface area contributed by atoms with Crippen molar-refractivity contribution in [2.45, 2.75) is 45.6 Å². The highest BCUT2D eigenvalue weighted by Gasteiger charge is 2.32. The summed E-state index contributed by atoms with van der Waals surface area (Å²) in [5.41, 5.74) is 9.13. The van der Waals surface area contributed by atoms with Crippen molar-refractivity contribution in [3.8, 4) is 5.69 Å². The monoisotopic (exact) mass is 305 g/mol. The van der Waals surface area contributed by atoms with Crippen LogP contribution in [-0.4, -0.2) is 9.36 Å². The van der Waals surface area contributed by atoms with E-state index in [1.807, 2.05) is 29.8 Å². The Bertz CT molecular complexity index is 741. The van der Waals surface area contributed by atoms with Crippen molar-refractivity contribution in [1.29, 1.82) is 0 Å². The van der Waals surface area contributed by atoms with Crippen LogP contribution >= 0.6 is 11.6 Å². The first kappa shape index (κ1) is 14.3. The average molecular weight is 306 g/mol. The Morgan fingerprint density at radius 2 is 2.10 bits per heavy atom. The number of halogens is 1. The van der Waals surface area contributed by atoms with Gasteiger partial charge < -0.3 is 5.73 Å². The maximum Gasteiger partial charge on any atom is 0.294 e. The van der Waals surface area contributed by atoms with Crippen LogP contribution in [0, 0.1) is 6.92 Å². The van der Waals surface area contributed by atoms with Gasteiger partial charge in [0, 0.05) is 17.5 Å². The first-order valence-corrected chi connectivity index (χ1v) is 7.80. The molecular formula is C16H20ClN3O. The fraction of sp³-hybridized carbons (Fsp3) is 0.438. The molecule has 0 saturated heterocycles. The number of hydrogen-bond acceptors (Lipinski definition) is 2. The molecule has 112 valence electrons. The van der Waals surface area contributed by atoms with E-state index in [0.717, 1.165) is 42.8 Å². The summed E-state index contributed by atoms with van der Waals surface area (Å²) in [7, 11) is 0. The van der Waals surface area contributed by atoms with Gasteiger partial charge in [-0.05, 0) is 43.9 Å². The van der Waals surface area contributed by atoms with E-state index < -0.39 is 0 Å². The first-order chi connectivity index (χ1) is 10.0. The molecule has 0 spiro atoms. The highest BCUT2D eigenvalue weighted by atomic mass is 35.5. The predicted octanol–water partition coefficient (Wildman–Crippen LogP) is 3.47. The van der Waals surface area contributed by atoms with Crippen molar-refractivity contribution in [2.24, 2.45) is 0 Å². The highest BCUT2D eigenvalue weighted by molar-refractivity contribution is 6.31. The van der Waals surface area contributed by atoms with E-state index in [4.69, 9.17) is 17.3 Å². The van der Waals surface area contributed by atoms with Crippen LogP contribution in [0.25, 0.3) is 5.69 Å². The second kappa shape index (κ2) is 5.26. The Labute approximate surface area is 129 Å². The quantitative estimate of drug-likeness (QED) is 0.940. The summed E-state index contributed by atoms with van der Waals surface area (Å²) >= 11 is 6.21. The molecule has 1 aromatic heterocycles. The number of benzene rings is 1. The summed E-state index contributed by atoms with van der Waals surface area (Å²) in [4.78, 5) is 12.6. The first-order valence-electron chi connectivity index (χ1n) is 7.42. The number of hydrogen-bond donors (Lipinski definition) is 1. The molecule has 1 aliphatic rings. The van der Waals surface area contributed by atoms with Crippen LogP contribution in [0.2, 0.25) is 5.02 Å². The average Bonchev–Trinajstić information content (AvgIpc) is 3.24. The van der Waals surface area contributed by atoms with Gasteiger partial charge in [0.1, 0.15) is 5.69 Å². The van der Waals surface area contributed by atoms with E-state index in [2.05, 4.69) is 6.92 Å². The Morgan fingerprint density at radius 3 is 2.67 bits per heavy atom. The fourth-order valence-corrected chi connectivity index (χ4v) is 2.94. The van der Waals surface area contributed by atoms with Crippen molar-refractivity contribution in [3.05, 3.63) is 44.8 Å². The van der Waals surface area contributed by atoms with Crippen LogP contribution in [0.1, 0.15) is 43.4 Å². The fourth-order valence-electron chi connectivity index (χ4n) is 2.77. The summed E-state index contributed by atoms with van der Waals surface area (Å²) in [6.07, 6.45) is 3.19. The molecule has 2 N–H and O–H groups in total. The number of aryl methyl sites for hydroxylation is 1. The zero-order valence-electron chi connectivity index (χ0n) is 12.4. The summed E-state index contributed by atoms with van der Waals surface area (Å²) in [5, 5.41) is 0.662. The molecule has 0 unspecified atom stereocenters. The van der Waals surface area contributed by atoms with Gasteiger partial charge in [0.15, 0.2) is 0 Å². The van der Waals surface area contributed by atoms with E-state index in [1.54, 1.807) is 4.68 Å². The summed E-state index contributed by atoms with van der Waals surface area (Å²) in [5.74, 6) is 0.437. The van der Waals surface area contributed by atoms with Crippen LogP contribution in [0.15, 0.2) is 23.0 Å². The number of aromatic nitrogens is 2. The van der Waals surface area contributed by atoms with Gasteiger partial charge in [-0.25, -0.2) is 4.68 Å². The van der Waals surface area contributed by atoms with Gasteiger partial charge in [-0.15, -0.1) is 0 Å². The third-order valence-electron chi connectivity index (χ3n) is 4.02. The third kappa shape index (κ3) is 2.38. The molecule has 0 amide bonds. The normalized spacial score (nSPS) is 14.6. The molecule has 2 aromatic rings. The Morgan fingerprint density at radius 1 is 1.38 bits per heavy atom. The van der Waals surface area contributed by atoms with E-state index in [0.29, 0.717) is 16.6 Å². The van der Waals surface area contributed by atoms with Gasteiger partial charge in [-0.3, -0.25) is 9.48 Å². The number of nitrogen functional groups attached to an aromatic ring is 1. The van der Waals surface area contributed by atoms with Crippen LogP contribution in [0.3, 0.4) is 0 Å². The lowest BCUT2D eigenvalue weighted by atomic mass is 10.2. The second-order valence-electron chi connectivity index (χ2n) is 5.75. The van der Waals surface area contributed by atoms with Crippen molar-refractivity contribution >= 4 is 17.3 Å². The van der Waals surface area contributed by atoms with Gasteiger partial charge in [0.25, 0.3) is 5.56 Å². The Balaban J connectivity index is 2.23. The van der Waals surface area contributed by atoms with Crippen molar-refractivity contribution in [1.82, 2.24) is 9.36 Å². The third-order valence-corrected chi connectivity index (χ3v) is 4.42. The molecule has 0 radical (unpaired) electrons. The summed E-state index contributed by atoms with van der Waals surface area (Å²) in [6, 6.07) is 5.69. The molecule has 1 aliphatic carbocycles. The molecule has 1 fully saturated rings. The molecule has 1 heterocycles. The minimum atomic E-state index is -0.134. The number of rotatable bonds is 4. The minimum Gasteiger partial charge on any atom is -0.393 e. The maximum atomic E-state index is 12.6. The molecule has 1 saturated carbocycles. The minimum absolute atomic E-state index is 0.134. The topological polar surface area (TPSA) is 52.9 Å². The van der Waals surface area contributed by atoms with E-state index in [-0.39, 0.29) is 5.56 Å². The molecule has 3 rings (SSSR count). The molecule has 0 bridgehead atoms. The zero-order chi connectivity index (χ0) is 15.1. The lowest BCUT2D eigenvalue weighted by molar-refractivity contribution is 0.515. The lowest BCUT2D eigenvalue weighted by Gasteiger charge is -2.14. The highest BCUT2D eigenvalue weighted by Crippen LogP contribution is 2.42. The molecule has 4 nitrogen and oxygen atoms in total. The van der Waals surface area contributed by atoms with Gasteiger partial charge in [0.05, 0.1) is 11.4 Å². The number of nitrogens with two attached hydrogens (primary N) is 1. The van der Waals surface area contributed by atoms with Crippen molar-refractivity contribution in [3.63, 3.8) is 0 Å². The molecule has 0 aliphatic heterocycles. The van der Waals surface area contributed by atoms with Crippen LogP contribution in [-0.2, 0) is 6.54 Å². The Hall–Kier alpha value is -1.68. The van der Waals surface area contributed by atoms with Crippen molar-refractivity contribution in [2.75, 3.05) is 5.73 Å². The molecule has 21 heavy (non-hydrogen) atoms. The van der Waals surface area contributed by atoms with Crippen molar-refractivity contribution < 1.29 is 0 Å². The Kier molecular flexibility index (Phi) is 3.57. The van der Waals surface area contributed by atoms with Crippen LogP contribution in [0.4, 0.5) is 5.69 Å². The zero-order valence-corrected chi connectivity index (χ0v) is 13.2. The summed E-state index contributed by atoms with van der Waals surface area (Å²) < 4.78 is 3.72. The van der Waals surface area contributed by atoms with E-state index >= 15 is 0 Å². The van der Waals surface area contributed by atoms with Gasteiger partial charge in [0.2, 0.25) is 0 Å². The largest absolute Gasteiger partial charge is 0.393 e. The molecule has 5 heteroatoms. The molecular weight excluding hydrogens is 286 g/mol. The smallest absolute Gasteiger partial charge is 0.294 e. The second-order valence-corrected chi connectivity index (χ2v) is 6.15. The number of nitrogens with zero attached hydrogens (tertiary/aromatic N) is 2. The van der Waals surface area contributed by atoms with Crippen LogP contribution < -0.4 is 11.3 Å². The SMILES string of the molecule is CCCn1c(C2CC2)c(N)c(=O)n1-c1ccc(C)c(Cl)c1. The lowest BCUT2D eigenvalue weighted by Crippen LogP contribution is -2.22. The van der Waals surface area contributed by atoms with Gasteiger partial charge in [-0.2, -0.15) is 0 Å². The van der Waals surface area contributed by atoms with Crippen LogP contribution in [0.5, 0.6) is 0 Å².